The molecule has 0 radical (unpaired) electrons. The lowest BCUT2D eigenvalue weighted by atomic mass is 10.1. The van der Waals surface area contributed by atoms with Crippen molar-refractivity contribution in [3.05, 3.63) is 35.9 Å². The van der Waals surface area contributed by atoms with Crippen LogP contribution in [0.5, 0.6) is 0 Å². The van der Waals surface area contributed by atoms with Gasteiger partial charge < -0.3 is 52.7 Å². The fourth-order valence-electron chi connectivity index (χ4n) is 3.98. The number of ether oxygens (including phenoxy) is 10. The van der Waals surface area contributed by atoms with Gasteiger partial charge in [0.2, 0.25) is 0 Å². The maximum absolute atomic E-state index is 11.7. The Morgan fingerprint density at radius 2 is 0.917 bits per heavy atom. The van der Waals surface area contributed by atoms with Gasteiger partial charge in [-0.05, 0) is 12.0 Å². The lowest BCUT2D eigenvalue weighted by Gasteiger charge is -2.09. The molecular formula is C35H61NO12. The monoisotopic (exact) mass is 687 g/mol. The van der Waals surface area contributed by atoms with Gasteiger partial charge in [-0.15, -0.1) is 0 Å². The first-order valence-corrected chi connectivity index (χ1v) is 17.4. The Morgan fingerprint density at radius 3 is 1.40 bits per heavy atom. The molecule has 1 rings (SSSR count). The van der Waals surface area contributed by atoms with Crippen molar-refractivity contribution in [3.8, 4) is 0 Å². The van der Waals surface area contributed by atoms with Crippen molar-refractivity contribution < 1.29 is 57.0 Å². The van der Waals surface area contributed by atoms with E-state index in [4.69, 9.17) is 47.4 Å². The SMILES string of the molecule is CCCCCCCCC(=O)OCCOCCOCCOCCOCCOCCOCCOCCOCCNC(=O)OCc1ccccc1. The number of benzene rings is 1. The van der Waals surface area contributed by atoms with Crippen LogP contribution in [0.3, 0.4) is 0 Å². The molecule has 0 aliphatic carbocycles. The number of unbranched alkanes of at least 4 members (excludes halogenated alkanes) is 5. The summed E-state index contributed by atoms with van der Waals surface area (Å²) >= 11 is 0. The molecule has 278 valence electrons. The van der Waals surface area contributed by atoms with Crippen LogP contribution < -0.4 is 5.32 Å². The molecule has 1 aromatic rings. The Balaban J connectivity index is 1.66. The average molecular weight is 688 g/mol. The maximum atomic E-state index is 11.7. The van der Waals surface area contributed by atoms with Crippen molar-refractivity contribution in [2.75, 3.05) is 119 Å². The average Bonchev–Trinajstić information content (AvgIpc) is 3.10. The normalized spacial score (nSPS) is 11.1. The van der Waals surface area contributed by atoms with E-state index in [2.05, 4.69) is 12.2 Å². The van der Waals surface area contributed by atoms with Crippen molar-refractivity contribution in [1.29, 1.82) is 0 Å². The van der Waals surface area contributed by atoms with Crippen LogP contribution in [0.1, 0.15) is 57.4 Å². The van der Waals surface area contributed by atoms with Crippen molar-refractivity contribution in [1.82, 2.24) is 5.32 Å². The highest BCUT2D eigenvalue weighted by molar-refractivity contribution is 5.69. The number of rotatable bonds is 36. The van der Waals surface area contributed by atoms with E-state index >= 15 is 0 Å². The molecule has 0 unspecified atom stereocenters. The zero-order chi connectivity index (χ0) is 34.4. The molecular weight excluding hydrogens is 626 g/mol. The van der Waals surface area contributed by atoms with Gasteiger partial charge in [-0.1, -0.05) is 69.4 Å². The van der Waals surface area contributed by atoms with E-state index in [1.165, 1.54) is 25.7 Å². The minimum atomic E-state index is -0.470. The number of amides is 1. The van der Waals surface area contributed by atoms with Crippen molar-refractivity contribution in [2.45, 2.75) is 58.5 Å². The standard InChI is InChI=1S/C35H61NO12/c1-2-3-4-5-6-10-13-34(37)47-31-30-46-29-28-45-27-26-44-25-24-43-23-22-42-21-20-41-19-18-40-17-16-39-15-14-36-35(38)48-32-33-11-8-7-9-12-33/h7-9,11-12H,2-6,10,13-32H2,1H3,(H,36,38). The highest BCUT2D eigenvalue weighted by Gasteiger charge is 2.03. The Bertz CT molecular complexity index is 833. The molecule has 0 saturated carbocycles. The van der Waals surface area contributed by atoms with Crippen LogP contribution in [0.25, 0.3) is 0 Å². The number of carbonyl (C=O) groups excluding carboxylic acids is 2. The molecule has 0 heterocycles. The molecule has 0 atom stereocenters. The van der Waals surface area contributed by atoms with Crippen molar-refractivity contribution in [2.24, 2.45) is 0 Å². The Morgan fingerprint density at radius 1 is 0.500 bits per heavy atom. The van der Waals surface area contributed by atoms with E-state index in [1.54, 1.807) is 0 Å². The third-order valence-electron chi connectivity index (χ3n) is 6.56. The highest BCUT2D eigenvalue weighted by atomic mass is 16.6. The lowest BCUT2D eigenvalue weighted by Crippen LogP contribution is -2.28. The summed E-state index contributed by atoms with van der Waals surface area (Å²) in [6.07, 6.45) is 6.93. The molecule has 0 spiro atoms. The minimum Gasteiger partial charge on any atom is -0.463 e. The largest absolute Gasteiger partial charge is 0.463 e. The fraction of sp³-hybridized carbons (Fsp3) is 0.771. The zero-order valence-corrected chi connectivity index (χ0v) is 29.2. The van der Waals surface area contributed by atoms with E-state index in [0.29, 0.717) is 119 Å². The van der Waals surface area contributed by atoms with E-state index in [-0.39, 0.29) is 19.2 Å². The van der Waals surface area contributed by atoms with Crippen LogP contribution >= 0.6 is 0 Å². The minimum absolute atomic E-state index is 0.148. The van der Waals surface area contributed by atoms with Crippen molar-refractivity contribution >= 4 is 12.1 Å². The van der Waals surface area contributed by atoms with Gasteiger partial charge in [-0.25, -0.2) is 4.79 Å². The van der Waals surface area contributed by atoms with Crippen LogP contribution in [0.4, 0.5) is 4.79 Å². The first kappa shape index (κ1) is 43.7. The number of alkyl carbamates (subject to hydrolysis) is 1. The third kappa shape index (κ3) is 32.2. The molecule has 48 heavy (non-hydrogen) atoms. The third-order valence-corrected chi connectivity index (χ3v) is 6.56. The van der Waals surface area contributed by atoms with Gasteiger partial charge in [0, 0.05) is 13.0 Å². The Labute approximate surface area is 287 Å². The zero-order valence-electron chi connectivity index (χ0n) is 29.2. The predicted octanol–water partition coefficient (Wildman–Crippen LogP) is 4.34. The first-order chi connectivity index (χ1) is 23.7. The molecule has 1 amide bonds. The van der Waals surface area contributed by atoms with Gasteiger partial charge >= 0.3 is 12.1 Å². The van der Waals surface area contributed by atoms with Crippen molar-refractivity contribution in [3.63, 3.8) is 0 Å². The van der Waals surface area contributed by atoms with E-state index in [1.807, 2.05) is 30.3 Å². The molecule has 1 N–H and O–H groups in total. The second-order valence-electron chi connectivity index (χ2n) is 10.6. The summed E-state index contributed by atoms with van der Waals surface area (Å²) in [6, 6.07) is 9.50. The van der Waals surface area contributed by atoms with E-state index in [0.717, 1.165) is 18.4 Å². The fourth-order valence-corrected chi connectivity index (χ4v) is 3.98. The van der Waals surface area contributed by atoms with Crippen LogP contribution in [-0.2, 0) is 58.8 Å². The molecule has 1 aromatic carbocycles. The smallest absolute Gasteiger partial charge is 0.407 e. The van der Waals surface area contributed by atoms with Gasteiger partial charge in [0.15, 0.2) is 0 Å². The van der Waals surface area contributed by atoms with Crippen LogP contribution in [0.15, 0.2) is 30.3 Å². The topological polar surface area (TPSA) is 138 Å². The molecule has 0 aliphatic rings. The number of carbonyl (C=O) groups is 2. The number of hydrogen-bond donors (Lipinski definition) is 1. The van der Waals surface area contributed by atoms with Gasteiger partial charge in [0.05, 0.1) is 106 Å². The number of hydrogen-bond acceptors (Lipinski definition) is 12. The van der Waals surface area contributed by atoms with E-state index in [9.17, 15) is 9.59 Å². The second-order valence-corrected chi connectivity index (χ2v) is 10.6. The molecule has 0 saturated heterocycles. The lowest BCUT2D eigenvalue weighted by molar-refractivity contribution is -0.145. The van der Waals surface area contributed by atoms with Gasteiger partial charge in [0.25, 0.3) is 0 Å². The van der Waals surface area contributed by atoms with Crippen LogP contribution in [0.2, 0.25) is 0 Å². The molecule has 13 heteroatoms. The van der Waals surface area contributed by atoms with E-state index < -0.39 is 6.09 Å². The highest BCUT2D eigenvalue weighted by Crippen LogP contribution is 2.07. The Kier molecular flexibility index (Phi) is 32.7. The molecule has 13 nitrogen and oxygen atoms in total. The van der Waals surface area contributed by atoms with Gasteiger partial charge in [0.1, 0.15) is 13.2 Å². The summed E-state index contributed by atoms with van der Waals surface area (Å²) < 4.78 is 53.9. The van der Waals surface area contributed by atoms with Gasteiger partial charge in [-0.3, -0.25) is 4.79 Å². The number of esters is 1. The second kappa shape index (κ2) is 35.9. The molecule has 0 aliphatic heterocycles. The summed E-state index contributed by atoms with van der Waals surface area (Å²) in [6.45, 7) is 10.4. The van der Waals surface area contributed by atoms with Crippen LogP contribution in [-0.4, -0.2) is 131 Å². The first-order valence-electron chi connectivity index (χ1n) is 17.4. The Hall–Kier alpha value is -2.36. The maximum Gasteiger partial charge on any atom is 0.407 e. The quantitative estimate of drug-likeness (QED) is 0.0794. The summed E-state index contributed by atoms with van der Waals surface area (Å²) in [5, 5.41) is 2.64. The number of nitrogens with one attached hydrogen (secondary N) is 1. The summed E-state index contributed by atoms with van der Waals surface area (Å²) in [5.74, 6) is -0.148. The molecule has 0 aromatic heterocycles. The summed E-state index contributed by atoms with van der Waals surface area (Å²) in [7, 11) is 0. The predicted molar refractivity (Wildman–Crippen MR) is 180 cm³/mol. The molecule has 0 bridgehead atoms. The summed E-state index contributed by atoms with van der Waals surface area (Å²) in [4.78, 5) is 23.3. The summed E-state index contributed by atoms with van der Waals surface area (Å²) in [5.41, 5.74) is 0.937. The molecule has 0 fully saturated rings. The van der Waals surface area contributed by atoms with Crippen LogP contribution in [0, 0.1) is 0 Å². The van der Waals surface area contributed by atoms with Gasteiger partial charge in [-0.2, -0.15) is 0 Å².